The molecule has 1 aliphatic heterocycles. The van der Waals surface area contributed by atoms with Gasteiger partial charge < -0.3 is 4.79 Å². The van der Waals surface area contributed by atoms with E-state index in [1.165, 1.54) is 13.8 Å². The quantitative estimate of drug-likeness (QED) is 0.643. The SMILES string of the molecule is CC(C)(F)CC1(C=O)CS(=O)(=O)C1. The van der Waals surface area contributed by atoms with Crippen LogP contribution < -0.4 is 0 Å². The molecule has 1 aliphatic rings. The maximum absolute atomic E-state index is 13.2. The molecule has 0 N–H and O–H groups in total. The molecule has 5 heteroatoms. The van der Waals surface area contributed by atoms with E-state index in [9.17, 15) is 17.6 Å². The number of hydrogen-bond acceptors (Lipinski definition) is 3. The second kappa shape index (κ2) is 2.77. The Morgan fingerprint density at radius 1 is 1.46 bits per heavy atom. The molecule has 0 saturated carbocycles. The summed E-state index contributed by atoms with van der Waals surface area (Å²) in [5.41, 5.74) is -2.45. The van der Waals surface area contributed by atoms with Gasteiger partial charge >= 0.3 is 0 Å². The molecule has 1 heterocycles. The number of sulfone groups is 1. The third-order valence-electron chi connectivity index (χ3n) is 2.04. The maximum atomic E-state index is 13.2. The average molecular weight is 208 g/mol. The first-order valence-electron chi connectivity index (χ1n) is 4.04. The van der Waals surface area contributed by atoms with Crippen molar-refractivity contribution in [3.8, 4) is 0 Å². The van der Waals surface area contributed by atoms with Crippen LogP contribution >= 0.6 is 0 Å². The summed E-state index contributed by atoms with van der Waals surface area (Å²) in [6.07, 6.45) is 0.568. The van der Waals surface area contributed by atoms with E-state index in [0.717, 1.165) is 0 Å². The zero-order valence-electron chi connectivity index (χ0n) is 7.71. The Labute approximate surface area is 77.2 Å². The summed E-state index contributed by atoms with van der Waals surface area (Å²) in [4.78, 5) is 10.6. The summed E-state index contributed by atoms with van der Waals surface area (Å²) in [6, 6.07) is 0. The molecule has 1 fully saturated rings. The molecule has 0 atom stereocenters. The van der Waals surface area contributed by atoms with E-state index in [-0.39, 0.29) is 17.9 Å². The number of hydrogen-bond donors (Lipinski definition) is 0. The Morgan fingerprint density at radius 3 is 2.15 bits per heavy atom. The minimum Gasteiger partial charge on any atom is -0.303 e. The summed E-state index contributed by atoms with van der Waals surface area (Å²) in [6.45, 7) is 2.70. The van der Waals surface area contributed by atoms with E-state index in [0.29, 0.717) is 6.29 Å². The van der Waals surface area contributed by atoms with E-state index in [2.05, 4.69) is 0 Å². The first-order valence-corrected chi connectivity index (χ1v) is 5.86. The minimum absolute atomic E-state index is 0.0112. The minimum atomic E-state index is -3.07. The van der Waals surface area contributed by atoms with Gasteiger partial charge in [0.2, 0.25) is 0 Å². The van der Waals surface area contributed by atoms with Crippen molar-refractivity contribution in [3.05, 3.63) is 0 Å². The first-order chi connectivity index (χ1) is 5.68. The number of alkyl halides is 1. The predicted octanol–water partition coefficient (Wildman–Crippen LogP) is 0.738. The Hall–Kier alpha value is -0.450. The third kappa shape index (κ3) is 2.49. The highest BCUT2D eigenvalue weighted by atomic mass is 32.2. The number of halogens is 1. The molecule has 1 rings (SSSR count). The van der Waals surface area contributed by atoms with Crippen molar-refractivity contribution in [2.45, 2.75) is 25.9 Å². The standard InChI is InChI=1S/C8H13FO3S/c1-7(2,9)3-8(4-10)5-13(11,12)6-8/h4H,3,5-6H2,1-2H3. The topological polar surface area (TPSA) is 51.2 Å². The molecule has 3 nitrogen and oxygen atoms in total. The zero-order chi connectivity index (χ0) is 10.3. The van der Waals surface area contributed by atoms with E-state index in [1.54, 1.807) is 0 Å². The van der Waals surface area contributed by atoms with Crippen LogP contribution in [-0.2, 0) is 14.6 Å². The Bertz CT molecular complexity index is 301. The van der Waals surface area contributed by atoms with Crippen molar-refractivity contribution >= 4 is 16.1 Å². The van der Waals surface area contributed by atoms with E-state index in [4.69, 9.17) is 0 Å². The van der Waals surface area contributed by atoms with Crippen LogP contribution in [0.15, 0.2) is 0 Å². The van der Waals surface area contributed by atoms with Gasteiger partial charge in [0, 0.05) is 0 Å². The van der Waals surface area contributed by atoms with Gasteiger partial charge in [0.25, 0.3) is 0 Å². The Morgan fingerprint density at radius 2 is 1.92 bits per heavy atom. The largest absolute Gasteiger partial charge is 0.303 e. The molecule has 0 aromatic carbocycles. The van der Waals surface area contributed by atoms with Crippen molar-refractivity contribution in [1.29, 1.82) is 0 Å². The van der Waals surface area contributed by atoms with Gasteiger partial charge in [-0.1, -0.05) is 0 Å². The Balaban J connectivity index is 2.72. The molecule has 0 radical (unpaired) electrons. The van der Waals surface area contributed by atoms with Gasteiger partial charge in [0.05, 0.1) is 16.9 Å². The molecule has 76 valence electrons. The van der Waals surface area contributed by atoms with Crippen LogP contribution in [0.1, 0.15) is 20.3 Å². The van der Waals surface area contributed by atoms with Crippen LogP contribution in [0.5, 0.6) is 0 Å². The number of aldehydes is 1. The zero-order valence-corrected chi connectivity index (χ0v) is 8.53. The van der Waals surface area contributed by atoms with Crippen LogP contribution in [0.4, 0.5) is 4.39 Å². The molecule has 0 bridgehead atoms. The fourth-order valence-electron chi connectivity index (χ4n) is 1.88. The van der Waals surface area contributed by atoms with Crippen molar-refractivity contribution in [3.63, 3.8) is 0 Å². The monoisotopic (exact) mass is 208 g/mol. The van der Waals surface area contributed by atoms with Gasteiger partial charge in [0.15, 0.2) is 9.84 Å². The van der Waals surface area contributed by atoms with Gasteiger partial charge in [-0.2, -0.15) is 0 Å². The highest BCUT2D eigenvalue weighted by molar-refractivity contribution is 7.93. The molecule has 0 spiro atoms. The highest BCUT2D eigenvalue weighted by Crippen LogP contribution is 2.39. The Kier molecular flexibility index (Phi) is 2.26. The predicted molar refractivity (Wildman–Crippen MR) is 47.0 cm³/mol. The van der Waals surface area contributed by atoms with Crippen molar-refractivity contribution < 1.29 is 17.6 Å². The summed E-state index contributed by atoms with van der Waals surface area (Å²) < 4.78 is 34.9. The van der Waals surface area contributed by atoms with Gasteiger partial charge in [0.1, 0.15) is 12.0 Å². The van der Waals surface area contributed by atoms with Crippen LogP contribution in [0.2, 0.25) is 0 Å². The summed E-state index contributed by atoms with van der Waals surface area (Å²) in [7, 11) is -3.07. The van der Waals surface area contributed by atoms with Crippen molar-refractivity contribution in [2.24, 2.45) is 5.41 Å². The van der Waals surface area contributed by atoms with Crippen LogP contribution in [-0.4, -0.2) is 31.9 Å². The van der Waals surface area contributed by atoms with E-state index < -0.39 is 20.9 Å². The van der Waals surface area contributed by atoms with Crippen LogP contribution in [0.25, 0.3) is 0 Å². The van der Waals surface area contributed by atoms with E-state index in [1.807, 2.05) is 0 Å². The van der Waals surface area contributed by atoms with Crippen molar-refractivity contribution in [1.82, 2.24) is 0 Å². The fraction of sp³-hybridized carbons (Fsp3) is 0.875. The molecule has 1 saturated heterocycles. The molecular weight excluding hydrogens is 195 g/mol. The normalized spacial score (nSPS) is 24.8. The summed E-state index contributed by atoms with van der Waals surface area (Å²) in [5.74, 6) is -0.395. The average Bonchev–Trinajstić information content (AvgIpc) is 1.79. The lowest BCUT2D eigenvalue weighted by atomic mass is 9.83. The molecule has 0 aromatic heterocycles. The van der Waals surface area contributed by atoms with Gasteiger partial charge in [-0.05, 0) is 20.3 Å². The smallest absolute Gasteiger partial charge is 0.152 e. The number of carbonyl (C=O) groups excluding carboxylic acids is 1. The first kappa shape index (κ1) is 10.6. The lowest BCUT2D eigenvalue weighted by Crippen LogP contribution is -2.52. The molecule has 0 aliphatic carbocycles. The number of rotatable bonds is 3. The van der Waals surface area contributed by atoms with Crippen LogP contribution in [0, 0.1) is 5.41 Å². The van der Waals surface area contributed by atoms with Gasteiger partial charge in [-0.15, -0.1) is 0 Å². The lowest BCUT2D eigenvalue weighted by Gasteiger charge is -2.38. The lowest BCUT2D eigenvalue weighted by molar-refractivity contribution is -0.116. The number of carbonyl (C=O) groups is 1. The van der Waals surface area contributed by atoms with Gasteiger partial charge in [-0.3, -0.25) is 0 Å². The van der Waals surface area contributed by atoms with Gasteiger partial charge in [-0.25, -0.2) is 12.8 Å². The molecular formula is C8H13FO3S. The third-order valence-corrected chi connectivity index (χ3v) is 4.07. The second-order valence-corrected chi connectivity index (χ2v) is 6.47. The summed E-state index contributed by atoms with van der Waals surface area (Å²) in [5, 5.41) is 0. The fourth-order valence-corrected chi connectivity index (χ4v) is 3.89. The second-order valence-electron chi connectivity index (χ2n) is 4.41. The maximum Gasteiger partial charge on any atom is 0.152 e. The summed E-state index contributed by atoms with van der Waals surface area (Å²) >= 11 is 0. The molecule has 13 heavy (non-hydrogen) atoms. The van der Waals surface area contributed by atoms with E-state index >= 15 is 0 Å². The molecule has 0 amide bonds. The van der Waals surface area contributed by atoms with Crippen LogP contribution in [0.3, 0.4) is 0 Å². The highest BCUT2D eigenvalue weighted by Gasteiger charge is 2.51. The van der Waals surface area contributed by atoms with Crippen molar-refractivity contribution in [2.75, 3.05) is 11.5 Å². The molecule has 0 aromatic rings. The molecule has 0 unspecified atom stereocenters.